The second-order valence-corrected chi connectivity index (χ2v) is 5.71. The fourth-order valence-corrected chi connectivity index (χ4v) is 2.39. The number of esters is 1. The van der Waals surface area contributed by atoms with Gasteiger partial charge in [-0.05, 0) is 42.0 Å². The molecule has 1 N–H and O–H groups in total. The molecule has 0 saturated carbocycles. The van der Waals surface area contributed by atoms with Gasteiger partial charge in [0.2, 0.25) is 5.95 Å². The number of ether oxygens (including phenoxy) is 2. The smallest absolute Gasteiger partial charge is 0.465 e. The number of hydrogen-bond donors (Lipinski definition) is 1. The Kier molecular flexibility index (Phi) is 5.66. The van der Waals surface area contributed by atoms with Gasteiger partial charge in [-0.25, -0.2) is 18.9 Å². The molecule has 0 spiro atoms. The zero-order valence-corrected chi connectivity index (χ0v) is 14.9. The molecule has 0 unspecified atom stereocenters. The van der Waals surface area contributed by atoms with Gasteiger partial charge < -0.3 is 14.8 Å². The molecule has 0 radical (unpaired) electrons. The highest BCUT2D eigenvalue weighted by molar-refractivity contribution is 5.89. The van der Waals surface area contributed by atoms with Gasteiger partial charge in [-0.2, -0.15) is 0 Å². The molecule has 2 aromatic carbocycles. The number of nitrogens with zero attached hydrogens (tertiary/aromatic N) is 3. The first-order valence-electron chi connectivity index (χ1n) is 8.13. The molecule has 0 atom stereocenters. The van der Waals surface area contributed by atoms with E-state index in [2.05, 4.69) is 24.9 Å². The van der Waals surface area contributed by atoms with Gasteiger partial charge >= 0.3 is 12.3 Å². The maximum Gasteiger partial charge on any atom is 0.573 e. The molecule has 0 aliphatic carbocycles. The minimum atomic E-state index is -4.76. The number of carbonyl (C=O) groups excluding carboxylic acids is 1. The quantitative estimate of drug-likeness (QED) is 0.493. The molecule has 1 heterocycles. The summed E-state index contributed by atoms with van der Waals surface area (Å²) in [4.78, 5) is 15.4. The van der Waals surface area contributed by atoms with Gasteiger partial charge in [0, 0.05) is 6.54 Å². The van der Waals surface area contributed by atoms with Gasteiger partial charge in [-0.3, -0.25) is 0 Å². The molecule has 11 heteroatoms. The molecule has 1 aromatic heterocycles. The average Bonchev–Trinajstić information content (AvgIpc) is 3.14. The van der Waals surface area contributed by atoms with E-state index < -0.39 is 18.1 Å². The summed E-state index contributed by atoms with van der Waals surface area (Å²) < 4.78 is 60.1. The molecule has 29 heavy (non-hydrogen) atoms. The normalized spacial score (nSPS) is 11.2. The van der Waals surface area contributed by atoms with Crippen LogP contribution in [-0.4, -0.2) is 34.2 Å². The van der Waals surface area contributed by atoms with Crippen molar-refractivity contribution in [2.24, 2.45) is 0 Å². The summed E-state index contributed by atoms with van der Waals surface area (Å²) in [7, 11) is 1.16. The van der Waals surface area contributed by atoms with E-state index >= 15 is 0 Å². The molecule has 7 nitrogen and oxygen atoms in total. The Labute approximate surface area is 161 Å². The van der Waals surface area contributed by atoms with E-state index in [-0.39, 0.29) is 23.8 Å². The third-order valence-electron chi connectivity index (χ3n) is 3.72. The Balaban J connectivity index is 1.63. The first kappa shape index (κ1) is 20.1. The number of anilines is 1. The molecule has 0 saturated heterocycles. The maximum absolute atomic E-state index is 13.9. The molecule has 0 bridgehead atoms. The predicted molar refractivity (Wildman–Crippen MR) is 93.1 cm³/mol. The summed E-state index contributed by atoms with van der Waals surface area (Å²) in [5.41, 5.74) is 0.838. The van der Waals surface area contributed by atoms with Gasteiger partial charge in [0.1, 0.15) is 17.9 Å². The number of nitrogens with one attached hydrogen (secondary N) is 1. The highest BCUT2D eigenvalue weighted by Gasteiger charge is 2.31. The number of alkyl halides is 3. The second kappa shape index (κ2) is 8.17. The summed E-state index contributed by atoms with van der Waals surface area (Å²) in [6, 6.07) is 9.15. The Morgan fingerprint density at radius 3 is 2.52 bits per heavy atom. The number of aromatic nitrogens is 3. The lowest BCUT2D eigenvalue weighted by Gasteiger charge is -2.09. The Morgan fingerprint density at radius 2 is 1.90 bits per heavy atom. The second-order valence-electron chi connectivity index (χ2n) is 5.71. The highest BCUT2D eigenvalue weighted by atomic mass is 19.4. The highest BCUT2D eigenvalue weighted by Crippen LogP contribution is 2.23. The van der Waals surface area contributed by atoms with Gasteiger partial charge in [0.25, 0.3) is 0 Å². The van der Waals surface area contributed by atoms with E-state index in [9.17, 15) is 22.4 Å². The molecular weight excluding hydrogens is 396 g/mol. The van der Waals surface area contributed by atoms with Crippen LogP contribution >= 0.6 is 0 Å². The Bertz CT molecular complexity index is 1000. The largest absolute Gasteiger partial charge is 0.573 e. The van der Waals surface area contributed by atoms with Crippen LogP contribution in [0.15, 0.2) is 48.8 Å². The van der Waals surface area contributed by atoms with Crippen molar-refractivity contribution in [2.45, 2.75) is 12.9 Å². The molecule has 3 aromatic rings. The third-order valence-corrected chi connectivity index (χ3v) is 3.72. The molecular formula is C18H14F4N4O3. The maximum atomic E-state index is 13.9. The number of carbonyl (C=O) groups is 1. The molecule has 0 fully saturated rings. The van der Waals surface area contributed by atoms with Crippen LogP contribution in [0.3, 0.4) is 0 Å². The van der Waals surface area contributed by atoms with Crippen LogP contribution < -0.4 is 10.1 Å². The van der Waals surface area contributed by atoms with Gasteiger partial charge in [-0.15, -0.1) is 18.3 Å². The van der Waals surface area contributed by atoms with Crippen molar-refractivity contribution >= 4 is 11.9 Å². The molecule has 0 aliphatic heterocycles. The van der Waals surface area contributed by atoms with Gasteiger partial charge in [0.15, 0.2) is 0 Å². The first-order chi connectivity index (χ1) is 13.7. The zero-order valence-electron chi connectivity index (χ0n) is 14.9. The Hall–Kier alpha value is -3.63. The Morgan fingerprint density at radius 1 is 1.17 bits per heavy atom. The molecule has 152 valence electrons. The summed E-state index contributed by atoms with van der Waals surface area (Å²) in [6.45, 7) is 0.181. The number of hydrogen-bond acceptors (Lipinski definition) is 6. The summed E-state index contributed by atoms with van der Waals surface area (Å²) in [5, 5.41) is 7.03. The van der Waals surface area contributed by atoms with Crippen molar-refractivity contribution in [1.82, 2.24) is 14.8 Å². The van der Waals surface area contributed by atoms with E-state index in [0.29, 0.717) is 11.3 Å². The minimum absolute atomic E-state index is 0.170. The summed E-state index contributed by atoms with van der Waals surface area (Å²) >= 11 is 0. The van der Waals surface area contributed by atoms with Crippen LogP contribution in [-0.2, 0) is 11.3 Å². The van der Waals surface area contributed by atoms with Crippen LogP contribution in [0.5, 0.6) is 5.75 Å². The SMILES string of the molecule is COC(=O)c1ccc(CNc2ncn(-c3ccc(OC(F)(F)F)cc3)n2)cc1F. The fraction of sp³-hybridized carbons (Fsp3) is 0.167. The third kappa shape index (κ3) is 5.21. The minimum Gasteiger partial charge on any atom is -0.465 e. The van der Waals surface area contributed by atoms with Crippen LogP contribution in [0.1, 0.15) is 15.9 Å². The van der Waals surface area contributed by atoms with Gasteiger partial charge in [-0.1, -0.05) is 6.07 Å². The lowest BCUT2D eigenvalue weighted by atomic mass is 10.1. The molecule has 3 rings (SSSR count). The van der Waals surface area contributed by atoms with E-state index in [0.717, 1.165) is 19.2 Å². The predicted octanol–water partition coefficient (Wildman–Crippen LogP) is 3.70. The van der Waals surface area contributed by atoms with Crippen molar-refractivity contribution in [2.75, 3.05) is 12.4 Å². The lowest BCUT2D eigenvalue weighted by Crippen LogP contribution is -2.17. The number of methoxy groups -OCH3 is 1. The van der Waals surface area contributed by atoms with Crippen molar-refractivity contribution in [3.63, 3.8) is 0 Å². The zero-order chi connectivity index (χ0) is 21.0. The average molecular weight is 410 g/mol. The van der Waals surface area contributed by atoms with Crippen molar-refractivity contribution in [1.29, 1.82) is 0 Å². The monoisotopic (exact) mass is 410 g/mol. The van der Waals surface area contributed by atoms with E-state index in [1.807, 2.05) is 0 Å². The molecule has 0 aliphatic rings. The lowest BCUT2D eigenvalue weighted by molar-refractivity contribution is -0.274. The topological polar surface area (TPSA) is 78.3 Å². The fourth-order valence-electron chi connectivity index (χ4n) is 2.39. The van der Waals surface area contributed by atoms with E-state index in [1.54, 1.807) is 6.07 Å². The van der Waals surface area contributed by atoms with E-state index in [4.69, 9.17) is 0 Å². The van der Waals surface area contributed by atoms with Crippen molar-refractivity contribution in [3.05, 3.63) is 65.7 Å². The van der Waals surface area contributed by atoms with Crippen molar-refractivity contribution < 1.29 is 31.8 Å². The number of benzene rings is 2. The van der Waals surface area contributed by atoms with Crippen LogP contribution in [0.4, 0.5) is 23.5 Å². The van der Waals surface area contributed by atoms with Crippen LogP contribution in [0, 0.1) is 5.82 Å². The molecule has 0 amide bonds. The van der Waals surface area contributed by atoms with Crippen molar-refractivity contribution in [3.8, 4) is 11.4 Å². The van der Waals surface area contributed by atoms with Gasteiger partial charge in [0.05, 0.1) is 18.4 Å². The number of halogens is 4. The van der Waals surface area contributed by atoms with Crippen LogP contribution in [0.25, 0.3) is 5.69 Å². The number of rotatable bonds is 6. The first-order valence-corrected chi connectivity index (χ1v) is 8.13. The summed E-state index contributed by atoms with van der Waals surface area (Å²) in [6.07, 6.45) is -3.40. The standard InChI is InChI=1S/C18H14F4N4O3/c1-28-16(27)14-7-2-11(8-15(14)19)9-23-17-24-10-26(25-17)12-3-5-13(6-4-12)29-18(20,21)22/h2-8,10H,9H2,1H3,(H,23,25). The van der Waals surface area contributed by atoms with Crippen LogP contribution in [0.2, 0.25) is 0 Å². The van der Waals surface area contributed by atoms with E-state index in [1.165, 1.54) is 35.3 Å². The summed E-state index contributed by atoms with van der Waals surface area (Å²) in [5.74, 6) is -1.61.